The summed E-state index contributed by atoms with van der Waals surface area (Å²) in [5.41, 5.74) is -0.647. The highest BCUT2D eigenvalue weighted by Crippen LogP contribution is 2.19. The Hall–Kier alpha value is -1.99. The van der Waals surface area contributed by atoms with Gasteiger partial charge >= 0.3 is 0 Å². The number of anilines is 1. The molecule has 128 valence electrons. The Morgan fingerprint density at radius 1 is 1.30 bits per heavy atom. The molecule has 0 saturated carbocycles. The Labute approximate surface area is 134 Å². The molecule has 0 spiro atoms. The van der Waals surface area contributed by atoms with E-state index in [0.29, 0.717) is 5.69 Å². The van der Waals surface area contributed by atoms with Crippen molar-refractivity contribution in [3.05, 3.63) is 30.1 Å². The SMILES string of the molecule is C[C@@H](CNC(=O)[C@H](O)C(C)(C)CO)C(=O)Nc1cccc(F)c1. The van der Waals surface area contributed by atoms with Crippen LogP contribution in [0.15, 0.2) is 24.3 Å². The van der Waals surface area contributed by atoms with Crippen LogP contribution >= 0.6 is 0 Å². The molecule has 7 heteroatoms. The van der Waals surface area contributed by atoms with Gasteiger partial charge in [-0.2, -0.15) is 0 Å². The van der Waals surface area contributed by atoms with Crippen molar-refractivity contribution < 1.29 is 24.2 Å². The van der Waals surface area contributed by atoms with E-state index in [1.54, 1.807) is 26.8 Å². The first-order chi connectivity index (χ1) is 10.7. The zero-order chi connectivity index (χ0) is 17.6. The lowest BCUT2D eigenvalue weighted by Gasteiger charge is -2.27. The van der Waals surface area contributed by atoms with Gasteiger partial charge in [0.15, 0.2) is 0 Å². The number of benzene rings is 1. The largest absolute Gasteiger partial charge is 0.396 e. The molecule has 0 aliphatic heterocycles. The topological polar surface area (TPSA) is 98.7 Å². The lowest BCUT2D eigenvalue weighted by Crippen LogP contribution is -2.47. The summed E-state index contributed by atoms with van der Waals surface area (Å²) in [6.07, 6.45) is -1.38. The first-order valence-corrected chi connectivity index (χ1v) is 7.30. The molecule has 2 amide bonds. The number of hydrogen-bond acceptors (Lipinski definition) is 4. The molecule has 6 nitrogen and oxygen atoms in total. The summed E-state index contributed by atoms with van der Waals surface area (Å²) in [7, 11) is 0. The second-order valence-electron chi connectivity index (χ2n) is 6.20. The lowest BCUT2D eigenvalue weighted by molar-refractivity contribution is -0.137. The highest BCUT2D eigenvalue weighted by molar-refractivity contribution is 5.93. The van der Waals surface area contributed by atoms with Gasteiger partial charge in [-0.3, -0.25) is 9.59 Å². The minimum absolute atomic E-state index is 0.0125. The standard InChI is InChI=1S/C16H23FN2O4/c1-10(8-18-15(23)13(21)16(2,3)9-20)14(22)19-12-6-4-5-11(17)7-12/h4-7,10,13,20-21H,8-9H2,1-3H3,(H,18,23)(H,19,22)/t10-,13-/m0/s1. The molecule has 2 atom stereocenters. The van der Waals surface area contributed by atoms with Crippen LogP contribution in [0.3, 0.4) is 0 Å². The van der Waals surface area contributed by atoms with Gasteiger partial charge in [0.05, 0.1) is 12.5 Å². The highest BCUT2D eigenvalue weighted by atomic mass is 19.1. The Balaban J connectivity index is 2.51. The van der Waals surface area contributed by atoms with Gasteiger partial charge in [-0.1, -0.05) is 26.8 Å². The summed E-state index contributed by atoms with van der Waals surface area (Å²) in [6.45, 7) is 4.36. The van der Waals surface area contributed by atoms with Gasteiger partial charge in [0.1, 0.15) is 11.9 Å². The Kier molecular flexibility index (Phi) is 6.65. The van der Waals surface area contributed by atoms with E-state index in [9.17, 15) is 19.1 Å². The molecule has 0 aliphatic carbocycles. The van der Waals surface area contributed by atoms with Gasteiger partial charge in [0.25, 0.3) is 0 Å². The Morgan fingerprint density at radius 3 is 2.52 bits per heavy atom. The van der Waals surface area contributed by atoms with Crippen LogP contribution in [-0.2, 0) is 9.59 Å². The fourth-order valence-corrected chi connectivity index (χ4v) is 1.72. The molecule has 1 aromatic carbocycles. The fraction of sp³-hybridized carbons (Fsp3) is 0.500. The van der Waals surface area contributed by atoms with Crippen molar-refractivity contribution in [1.29, 1.82) is 0 Å². The number of rotatable bonds is 7. The molecule has 0 heterocycles. The van der Waals surface area contributed by atoms with Crippen LogP contribution in [0.2, 0.25) is 0 Å². The fourth-order valence-electron chi connectivity index (χ4n) is 1.72. The number of aliphatic hydroxyl groups excluding tert-OH is 2. The smallest absolute Gasteiger partial charge is 0.249 e. The molecule has 0 saturated heterocycles. The summed E-state index contributed by atoms with van der Waals surface area (Å²) in [5, 5.41) is 24.0. The quantitative estimate of drug-likeness (QED) is 0.598. The summed E-state index contributed by atoms with van der Waals surface area (Å²) in [5.74, 6) is -2.08. The molecule has 0 fully saturated rings. The van der Waals surface area contributed by atoms with Crippen LogP contribution < -0.4 is 10.6 Å². The van der Waals surface area contributed by atoms with Gasteiger partial charge < -0.3 is 20.8 Å². The molecule has 1 aromatic rings. The highest BCUT2D eigenvalue weighted by Gasteiger charge is 2.33. The van der Waals surface area contributed by atoms with E-state index < -0.39 is 29.2 Å². The lowest BCUT2D eigenvalue weighted by atomic mass is 9.87. The second kappa shape index (κ2) is 8.03. The van der Waals surface area contributed by atoms with Crippen LogP contribution in [0.25, 0.3) is 0 Å². The first-order valence-electron chi connectivity index (χ1n) is 7.30. The van der Waals surface area contributed by atoms with Gasteiger partial charge in [-0.05, 0) is 18.2 Å². The van der Waals surface area contributed by atoms with Crippen molar-refractivity contribution in [1.82, 2.24) is 5.32 Å². The predicted octanol–water partition coefficient (Wildman–Crippen LogP) is 0.896. The molecular formula is C16H23FN2O4. The van der Waals surface area contributed by atoms with Crippen molar-refractivity contribution in [3.63, 3.8) is 0 Å². The van der Waals surface area contributed by atoms with Gasteiger partial charge in [-0.15, -0.1) is 0 Å². The number of halogens is 1. The molecule has 0 aliphatic rings. The van der Waals surface area contributed by atoms with Crippen molar-refractivity contribution in [2.24, 2.45) is 11.3 Å². The number of hydrogen-bond donors (Lipinski definition) is 4. The minimum atomic E-state index is -1.38. The number of amides is 2. The van der Waals surface area contributed by atoms with E-state index in [2.05, 4.69) is 10.6 Å². The normalized spacial score (nSPS) is 14.0. The maximum Gasteiger partial charge on any atom is 0.249 e. The van der Waals surface area contributed by atoms with Crippen molar-refractivity contribution in [3.8, 4) is 0 Å². The monoisotopic (exact) mass is 326 g/mol. The van der Waals surface area contributed by atoms with Crippen LogP contribution in [0.1, 0.15) is 20.8 Å². The van der Waals surface area contributed by atoms with Crippen LogP contribution in [0.5, 0.6) is 0 Å². The van der Waals surface area contributed by atoms with Crippen LogP contribution in [-0.4, -0.2) is 41.3 Å². The summed E-state index contributed by atoms with van der Waals surface area (Å²) >= 11 is 0. The average molecular weight is 326 g/mol. The number of carbonyl (C=O) groups is 2. The third-order valence-electron chi connectivity index (χ3n) is 3.52. The molecule has 0 aromatic heterocycles. The van der Waals surface area contributed by atoms with Gasteiger partial charge in [0.2, 0.25) is 11.8 Å². The van der Waals surface area contributed by atoms with Crippen molar-refractivity contribution in [2.75, 3.05) is 18.5 Å². The van der Waals surface area contributed by atoms with E-state index in [-0.39, 0.29) is 19.1 Å². The van der Waals surface area contributed by atoms with Gasteiger partial charge in [-0.25, -0.2) is 4.39 Å². The molecule has 0 radical (unpaired) electrons. The van der Waals surface area contributed by atoms with E-state index in [1.807, 2.05) is 0 Å². The summed E-state index contributed by atoms with van der Waals surface area (Å²) in [4.78, 5) is 23.8. The van der Waals surface area contributed by atoms with E-state index in [0.717, 1.165) is 0 Å². The number of nitrogens with one attached hydrogen (secondary N) is 2. The van der Waals surface area contributed by atoms with E-state index in [4.69, 9.17) is 5.11 Å². The van der Waals surface area contributed by atoms with Crippen molar-refractivity contribution in [2.45, 2.75) is 26.9 Å². The maximum absolute atomic E-state index is 13.1. The molecule has 1 rings (SSSR count). The minimum Gasteiger partial charge on any atom is -0.396 e. The first kappa shape index (κ1) is 19.1. The Morgan fingerprint density at radius 2 is 1.96 bits per heavy atom. The molecule has 4 N–H and O–H groups in total. The molecule has 23 heavy (non-hydrogen) atoms. The zero-order valence-corrected chi connectivity index (χ0v) is 13.5. The van der Waals surface area contributed by atoms with Crippen molar-refractivity contribution >= 4 is 17.5 Å². The second-order valence-corrected chi connectivity index (χ2v) is 6.20. The number of aliphatic hydroxyl groups is 2. The van der Waals surface area contributed by atoms with Gasteiger partial charge in [0, 0.05) is 17.6 Å². The summed E-state index contributed by atoms with van der Waals surface area (Å²) in [6, 6.07) is 5.49. The van der Waals surface area contributed by atoms with E-state index in [1.165, 1.54) is 18.2 Å². The predicted molar refractivity (Wildman–Crippen MR) is 84.1 cm³/mol. The molecule has 0 unspecified atom stereocenters. The third kappa shape index (κ3) is 5.61. The molecular weight excluding hydrogens is 303 g/mol. The molecule has 0 bridgehead atoms. The average Bonchev–Trinajstić information content (AvgIpc) is 2.51. The van der Waals surface area contributed by atoms with E-state index >= 15 is 0 Å². The summed E-state index contributed by atoms with van der Waals surface area (Å²) < 4.78 is 13.1. The Bertz CT molecular complexity index is 563. The zero-order valence-electron chi connectivity index (χ0n) is 13.5. The maximum atomic E-state index is 13.1. The van der Waals surface area contributed by atoms with Crippen LogP contribution in [0.4, 0.5) is 10.1 Å². The number of carbonyl (C=O) groups excluding carboxylic acids is 2. The third-order valence-corrected chi connectivity index (χ3v) is 3.52. The van der Waals surface area contributed by atoms with Crippen LogP contribution in [0, 0.1) is 17.2 Å².